The van der Waals surface area contributed by atoms with Crippen molar-refractivity contribution in [2.24, 2.45) is 0 Å². The fourth-order valence-corrected chi connectivity index (χ4v) is 1.53. The summed E-state index contributed by atoms with van der Waals surface area (Å²) in [4.78, 5) is 11.1. The second-order valence-corrected chi connectivity index (χ2v) is 3.65. The Bertz CT molecular complexity index is 475. The molecule has 2 aromatic rings. The third-order valence-electron chi connectivity index (χ3n) is 1.76. The molecule has 0 unspecified atom stereocenters. The Hall–Kier alpha value is -1.16. The van der Waals surface area contributed by atoms with Crippen LogP contribution in [0.2, 0.25) is 0 Å². The van der Waals surface area contributed by atoms with Gasteiger partial charge in [0, 0.05) is 11.4 Å². The SMILES string of the molecule is CC(=O)c1onc2ccc(Br)cc12. The van der Waals surface area contributed by atoms with Gasteiger partial charge in [-0.25, -0.2) is 0 Å². The molecule has 0 saturated carbocycles. The molecule has 1 aromatic heterocycles. The van der Waals surface area contributed by atoms with E-state index in [0.717, 1.165) is 9.86 Å². The zero-order chi connectivity index (χ0) is 9.42. The fourth-order valence-electron chi connectivity index (χ4n) is 1.17. The number of aromatic nitrogens is 1. The largest absolute Gasteiger partial charge is 0.352 e. The Morgan fingerprint density at radius 1 is 1.54 bits per heavy atom. The first-order valence-electron chi connectivity index (χ1n) is 3.74. The van der Waals surface area contributed by atoms with Crippen molar-refractivity contribution in [3.63, 3.8) is 0 Å². The summed E-state index contributed by atoms with van der Waals surface area (Å²) < 4.78 is 5.82. The average Bonchev–Trinajstić information content (AvgIpc) is 2.46. The molecule has 0 aliphatic carbocycles. The van der Waals surface area contributed by atoms with E-state index in [1.165, 1.54) is 6.92 Å². The van der Waals surface area contributed by atoms with Crippen molar-refractivity contribution < 1.29 is 9.32 Å². The van der Waals surface area contributed by atoms with E-state index < -0.39 is 0 Å². The van der Waals surface area contributed by atoms with E-state index in [1.807, 2.05) is 12.1 Å². The van der Waals surface area contributed by atoms with Gasteiger partial charge in [-0.15, -0.1) is 0 Å². The van der Waals surface area contributed by atoms with E-state index in [4.69, 9.17) is 4.52 Å². The second kappa shape index (κ2) is 2.96. The summed E-state index contributed by atoms with van der Waals surface area (Å²) in [7, 11) is 0. The van der Waals surface area contributed by atoms with E-state index in [1.54, 1.807) is 6.07 Å². The highest BCUT2D eigenvalue weighted by atomic mass is 79.9. The van der Waals surface area contributed by atoms with Gasteiger partial charge in [-0.2, -0.15) is 0 Å². The van der Waals surface area contributed by atoms with Crippen LogP contribution in [-0.2, 0) is 0 Å². The van der Waals surface area contributed by atoms with Gasteiger partial charge in [0.05, 0.1) is 5.39 Å². The van der Waals surface area contributed by atoms with Gasteiger partial charge in [0.25, 0.3) is 0 Å². The minimum Gasteiger partial charge on any atom is -0.352 e. The molecule has 66 valence electrons. The number of fused-ring (bicyclic) bond motifs is 1. The van der Waals surface area contributed by atoms with E-state index >= 15 is 0 Å². The van der Waals surface area contributed by atoms with Crippen LogP contribution in [0.15, 0.2) is 27.2 Å². The molecule has 4 heteroatoms. The van der Waals surface area contributed by atoms with E-state index in [0.29, 0.717) is 11.3 Å². The molecular formula is C9H6BrNO2. The lowest BCUT2D eigenvalue weighted by atomic mass is 10.2. The van der Waals surface area contributed by atoms with Gasteiger partial charge in [0.1, 0.15) is 5.52 Å². The van der Waals surface area contributed by atoms with E-state index in [9.17, 15) is 4.79 Å². The van der Waals surface area contributed by atoms with Crippen molar-refractivity contribution in [1.29, 1.82) is 0 Å². The third kappa shape index (κ3) is 1.37. The molecular weight excluding hydrogens is 234 g/mol. The smallest absolute Gasteiger partial charge is 0.210 e. The Morgan fingerprint density at radius 3 is 3.00 bits per heavy atom. The quantitative estimate of drug-likeness (QED) is 0.719. The van der Waals surface area contributed by atoms with Crippen molar-refractivity contribution in [3.05, 3.63) is 28.4 Å². The summed E-state index contributed by atoms with van der Waals surface area (Å²) in [6, 6.07) is 5.48. The summed E-state index contributed by atoms with van der Waals surface area (Å²) in [5.74, 6) is 0.205. The molecule has 1 aromatic carbocycles. The number of nitrogens with zero attached hydrogens (tertiary/aromatic N) is 1. The highest BCUT2D eigenvalue weighted by Crippen LogP contribution is 2.22. The molecule has 1 heterocycles. The molecule has 0 bridgehead atoms. The van der Waals surface area contributed by atoms with Crippen LogP contribution in [0.25, 0.3) is 10.9 Å². The van der Waals surface area contributed by atoms with Crippen LogP contribution in [0.1, 0.15) is 17.5 Å². The molecule has 0 radical (unpaired) electrons. The number of carbonyl (C=O) groups is 1. The van der Waals surface area contributed by atoms with Gasteiger partial charge in [0.15, 0.2) is 5.78 Å². The topological polar surface area (TPSA) is 43.1 Å². The second-order valence-electron chi connectivity index (χ2n) is 2.73. The van der Waals surface area contributed by atoms with Crippen molar-refractivity contribution >= 4 is 32.6 Å². The van der Waals surface area contributed by atoms with Crippen LogP contribution in [0.5, 0.6) is 0 Å². The fraction of sp³-hybridized carbons (Fsp3) is 0.111. The van der Waals surface area contributed by atoms with Gasteiger partial charge in [-0.1, -0.05) is 21.1 Å². The summed E-state index contributed by atoms with van der Waals surface area (Å²) in [6.45, 7) is 1.46. The molecule has 13 heavy (non-hydrogen) atoms. The van der Waals surface area contributed by atoms with Crippen molar-refractivity contribution in [2.75, 3.05) is 0 Å². The first-order chi connectivity index (χ1) is 6.18. The molecule has 0 saturated heterocycles. The number of rotatable bonds is 1. The summed E-state index contributed by atoms with van der Waals surface area (Å²) >= 11 is 3.32. The molecule has 2 rings (SSSR count). The number of ketones is 1. The van der Waals surface area contributed by atoms with Gasteiger partial charge in [-0.3, -0.25) is 4.79 Å². The molecule has 0 spiro atoms. The van der Waals surface area contributed by atoms with Crippen molar-refractivity contribution in [2.45, 2.75) is 6.92 Å². The van der Waals surface area contributed by atoms with Crippen molar-refractivity contribution in [1.82, 2.24) is 5.16 Å². The lowest BCUT2D eigenvalue weighted by molar-refractivity contribution is 0.0981. The number of Topliss-reactive ketones (excluding diaryl/α,β-unsaturated/α-hetero) is 1. The minimum atomic E-state index is -0.111. The van der Waals surface area contributed by atoms with Gasteiger partial charge < -0.3 is 4.52 Å². The standard InChI is InChI=1S/C9H6BrNO2/c1-5(12)9-7-4-6(10)2-3-8(7)11-13-9/h2-4H,1H3. The highest BCUT2D eigenvalue weighted by molar-refractivity contribution is 9.10. The van der Waals surface area contributed by atoms with Crippen LogP contribution in [-0.4, -0.2) is 10.9 Å². The Kier molecular flexibility index (Phi) is 1.92. The molecule has 0 aliphatic rings. The van der Waals surface area contributed by atoms with E-state index in [-0.39, 0.29) is 5.78 Å². The van der Waals surface area contributed by atoms with Gasteiger partial charge >= 0.3 is 0 Å². The molecule has 0 amide bonds. The summed E-state index contributed by atoms with van der Waals surface area (Å²) in [6.07, 6.45) is 0. The lowest BCUT2D eigenvalue weighted by Crippen LogP contribution is -1.88. The minimum absolute atomic E-state index is 0.111. The predicted molar refractivity (Wildman–Crippen MR) is 51.7 cm³/mol. The number of hydrogen-bond acceptors (Lipinski definition) is 3. The summed E-state index contributed by atoms with van der Waals surface area (Å²) in [5.41, 5.74) is 0.702. The van der Waals surface area contributed by atoms with Crippen LogP contribution in [0, 0.1) is 0 Å². The molecule has 0 atom stereocenters. The van der Waals surface area contributed by atoms with Crippen LogP contribution in [0.3, 0.4) is 0 Å². The van der Waals surface area contributed by atoms with Crippen LogP contribution >= 0.6 is 15.9 Å². The monoisotopic (exact) mass is 239 g/mol. The van der Waals surface area contributed by atoms with Crippen LogP contribution in [0.4, 0.5) is 0 Å². The maximum Gasteiger partial charge on any atom is 0.210 e. The molecule has 0 N–H and O–H groups in total. The Morgan fingerprint density at radius 2 is 2.31 bits per heavy atom. The van der Waals surface area contributed by atoms with E-state index in [2.05, 4.69) is 21.1 Å². The Labute approximate surface area is 82.8 Å². The number of halogens is 1. The van der Waals surface area contributed by atoms with Crippen molar-refractivity contribution in [3.8, 4) is 0 Å². The third-order valence-corrected chi connectivity index (χ3v) is 2.25. The Balaban J connectivity index is 2.79. The molecule has 3 nitrogen and oxygen atoms in total. The number of carbonyl (C=O) groups excluding carboxylic acids is 1. The number of hydrogen-bond donors (Lipinski definition) is 0. The lowest BCUT2D eigenvalue weighted by Gasteiger charge is -1.89. The number of benzene rings is 1. The molecule has 0 fully saturated rings. The van der Waals surface area contributed by atoms with Crippen LogP contribution < -0.4 is 0 Å². The average molecular weight is 240 g/mol. The maximum absolute atomic E-state index is 11.1. The first-order valence-corrected chi connectivity index (χ1v) is 4.53. The maximum atomic E-state index is 11.1. The zero-order valence-electron chi connectivity index (χ0n) is 6.87. The van der Waals surface area contributed by atoms with Gasteiger partial charge in [0.2, 0.25) is 5.76 Å². The molecule has 0 aliphatic heterocycles. The van der Waals surface area contributed by atoms with Gasteiger partial charge in [-0.05, 0) is 18.2 Å². The highest BCUT2D eigenvalue weighted by Gasteiger charge is 2.11. The predicted octanol–water partition coefficient (Wildman–Crippen LogP) is 2.79. The summed E-state index contributed by atoms with van der Waals surface area (Å²) in [5, 5.41) is 4.52. The normalized spacial score (nSPS) is 10.6. The first kappa shape index (κ1) is 8.44. The zero-order valence-corrected chi connectivity index (χ0v) is 8.46.